The van der Waals surface area contributed by atoms with E-state index in [1.54, 1.807) is 11.7 Å². The Bertz CT molecular complexity index is 273. The van der Waals surface area contributed by atoms with E-state index in [9.17, 15) is 0 Å². The molecule has 0 spiro atoms. The molecule has 13 heavy (non-hydrogen) atoms. The van der Waals surface area contributed by atoms with E-state index < -0.39 is 0 Å². The number of hydroxylamine groups is 1. The van der Waals surface area contributed by atoms with Gasteiger partial charge in [0, 0.05) is 24.9 Å². The van der Waals surface area contributed by atoms with E-state index in [-0.39, 0.29) is 5.96 Å². The van der Waals surface area contributed by atoms with Gasteiger partial charge in [-0.1, -0.05) is 6.07 Å². The Hall–Kier alpha value is -1.62. The number of nitrogens with zero attached hydrogens (tertiary/aromatic N) is 2. The SMILES string of the molecule is NC(=NCCc1ccccn1)NO. The van der Waals surface area contributed by atoms with Crippen LogP contribution in [0.1, 0.15) is 5.69 Å². The van der Waals surface area contributed by atoms with Crippen molar-refractivity contribution in [2.45, 2.75) is 6.42 Å². The Morgan fingerprint density at radius 1 is 1.62 bits per heavy atom. The van der Waals surface area contributed by atoms with E-state index in [2.05, 4.69) is 9.98 Å². The highest BCUT2D eigenvalue weighted by Gasteiger charge is 1.91. The molecule has 0 aliphatic rings. The number of hydrogen-bond acceptors (Lipinski definition) is 3. The van der Waals surface area contributed by atoms with Gasteiger partial charge in [0.25, 0.3) is 0 Å². The van der Waals surface area contributed by atoms with E-state index in [0.29, 0.717) is 13.0 Å². The van der Waals surface area contributed by atoms with Crippen LogP contribution in [0, 0.1) is 0 Å². The first-order valence-electron chi connectivity index (χ1n) is 3.93. The summed E-state index contributed by atoms with van der Waals surface area (Å²) < 4.78 is 0. The summed E-state index contributed by atoms with van der Waals surface area (Å²) in [6, 6.07) is 5.69. The van der Waals surface area contributed by atoms with Gasteiger partial charge in [-0.3, -0.25) is 15.2 Å². The maximum Gasteiger partial charge on any atom is 0.212 e. The van der Waals surface area contributed by atoms with E-state index in [0.717, 1.165) is 5.69 Å². The van der Waals surface area contributed by atoms with Crippen LogP contribution in [0.3, 0.4) is 0 Å². The smallest absolute Gasteiger partial charge is 0.212 e. The topological polar surface area (TPSA) is 83.5 Å². The lowest BCUT2D eigenvalue weighted by molar-refractivity contribution is 0.232. The number of pyridine rings is 1. The molecule has 4 N–H and O–H groups in total. The molecule has 0 atom stereocenters. The summed E-state index contributed by atoms with van der Waals surface area (Å²) in [5, 5.41) is 8.31. The maximum absolute atomic E-state index is 8.31. The Morgan fingerprint density at radius 2 is 2.46 bits per heavy atom. The lowest BCUT2D eigenvalue weighted by atomic mass is 10.3. The van der Waals surface area contributed by atoms with Crippen LogP contribution in [0.5, 0.6) is 0 Å². The molecule has 0 radical (unpaired) electrons. The van der Waals surface area contributed by atoms with Crippen LogP contribution < -0.4 is 11.2 Å². The van der Waals surface area contributed by atoms with Crippen molar-refractivity contribution in [3.63, 3.8) is 0 Å². The molecule has 0 aromatic carbocycles. The summed E-state index contributed by atoms with van der Waals surface area (Å²) >= 11 is 0. The standard InChI is InChI=1S/C8H12N4O/c9-8(12-13)11-6-4-7-3-1-2-5-10-7/h1-3,5,13H,4,6H2,(H3,9,11,12). The molecular weight excluding hydrogens is 168 g/mol. The monoisotopic (exact) mass is 180 g/mol. The zero-order chi connectivity index (χ0) is 9.52. The van der Waals surface area contributed by atoms with Crippen LogP contribution in [0.25, 0.3) is 0 Å². The minimum atomic E-state index is 0.0240. The molecular formula is C8H12N4O. The van der Waals surface area contributed by atoms with Gasteiger partial charge in [0.05, 0.1) is 0 Å². The molecule has 5 heteroatoms. The quantitative estimate of drug-likeness (QED) is 0.345. The number of rotatable bonds is 3. The number of aliphatic imine (C=N–C) groups is 1. The molecule has 1 aromatic rings. The number of aromatic nitrogens is 1. The third-order valence-corrected chi connectivity index (χ3v) is 1.49. The highest BCUT2D eigenvalue weighted by Crippen LogP contribution is 1.94. The molecule has 1 aromatic heterocycles. The highest BCUT2D eigenvalue weighted by molar-refractivity contribution is 5.76. The van der Waals surface area contributed by atoms with Gasteiger partial charge in [-0.2, -0.15) is 0 Å². The summed E-state index contributed by atoms with van der Waals surface area (Å²) in [6.07, 6.45) is 2.44. The Morgan fingerprint density at radius 3 is 3.08 bits per heavy atom. The van der Waals surface area contributed by atoms with Crippen molar-refractivity contribution >= 4 is 5.96 Å². The largest absolute Gasteiger partial charge is 0.368 e. The van der Waals surface area contributed by atoms with Crippen LogP contribution in [0.2, 0.25) is 0 Å². The summed E-state index contributed by atoms with van der Waals surface area (Å²) in [5.74, 6) is 0.0240. The summed E-state index contributed by atoms with van der Waals surface area (Å²) in [5.41, 5.74) is 7.92. The normalized spacial score (nSPS) is 11.3. The van der Waals surface area contributed by atoms with Crippen molar-refractivity contribution in [1.82, 2.24) is 10.5 Å². The molecule has 0 bridgehead atoms. The number of nitrogens with one attached hydrogen (secondary N) is 1. The lowest BCUT2D eigenvalue weighted by Crippen LogP contribution is -2.28. The fourth-order valence-electron chi connectivity index (χ4n) is 0.872. The summed E-state index contributed by atoms with van der Waals surface area (Å²) in [6.45, 7) is 0.510. The third kappa shape index (κ3) is 3.53. The molecule has 0 saturated carbocycles. The predicted octanol–water partition coefficient (Wildman–Crippen LogP) is -0.0824. The Labute approximate surface area is 76.3 Å². The highest BCUT2D eigenvalue weighted by atomic mass is 16.5. The molecule has 70 valence electrons. The minimum Gasteiger partial charge on any atom is -0.368 e. The van der Waals surface area contributed by atoms with Gasteiger partial charge in [0.1, 0.15) is 0 Å². The molecule has 0 unspecified atom stereocenters. The van der Waals surface area contributed by atoms with Gasteiger partial charge in [-0.05, 0) is 12.1 Å². The van der Waals surface area contributed by atoms with Gasteiger partial charge in [0.15, 0.2) is 0 Å². The molecule has 0 fully saturated rings. The maximum atomic E-state index is 8.31. The first kappa shape index (κ1) is 9.47. The van der Waals surface area contributed by atoms with Gasteiger partial charge in [-0.25, -0.2) is 5.48 Å². The van der Waals surface area contributed by atoms with Crippen molar-refractivity contribution in [3.8, 4) is 0 Å². The van der Waals surface area contributed by atoms with Crippen LogP contribution in [0.4, 0.5) is 0 Å². The molecule has 5 nitrogen and oxygen atoms in total. The van der Waals surface area contributed by atoms with Crippen molar-refractivity contribution in [2.24, 2.45) is 10.7 Å². The average Bonchev–Trinajstić information content (AvgIpc) is 2.19. The minimum absolute atomic E-state index is 0.0240. The van der Waals surface area contributed by atoms with Crippen LogP contribution in [-0.4, -0.2) is 22.7 Å². The Balaban J connectivity index is 2.36. The second-order valence-corrected chi connectivity index (χ2v) is 2.45. The summed E-state index contributed by atoms with van der Waals surface area (Å²) in [7, 11) is 0. The molecule has 0 saturated heterocycles. The second kappa shape index (κ2) is 5.10. The van der Waals surface area contributed by atoms with Crippen LogP contribution in [0.15, 0.2) is 29.4 Å². The average molecular weight is 180 g/mol. The third-order valence-electron chi connectivity index (χ3n) is 1.49. The number of guanidine groups is 1. The van der Waals surface area contributed by atoms with E-state index >= 15 is 0 Å². The predicted molar refractivity (Wildman–Crippen MR) is 49.4 cm³/mol. The van der Waals surface area contributed by atoms with E-state index in [4.69, 9.17) is 10.9 Å². The Kier molecular flexibility index (Phi) is 3.72. The van der Waals surface area contributed by atoms with Crippen molar-refractivity contribution in [1.29, 1.82) is 0 Å². The first-order valence-corrected chi connectivity index (χ1v) is 3.93. The van der Waals surface area contributed by atoms with Crippen molar-refractivity contribution < 1.29 is 5.21 Å². The fourth-order valence-corrected chi connectivity index (χ4v) is 0.872. The molecule has 0 aliphatic carbocycles. The summed E-state index contributed by atoms with van der Waals surface area (Å²) in [4.78, 5) is 7.94. The van der Waals surface area contributed by atoms with Crippen LogP contribution >= 0.6 is 0 Å². The first-order chi connectivity index (χ1) is 6.33. The zero-order valence-corrected chi connectivity index (χ0v) is 7.14. The molecule has 0 aliphatic heterocycles. The zero-order valence-electron chi connectivity index (χ0n) is 7.14. The number of nitrogens with two attached hydrogens (primary N) is 1. The van der Waals surface area contributed by atoms with E-state index in [1.165, 1.54) is 0 Å². The molecule has 1 rings (SSSR count). The van der Waals surface area contributed by atoms with Gasteiger partial charge < -0.3 is 5.73 Å². The van der Waals surface area contributed by atoms with Gasteiger partial charge >= 0.3 is 0 Å². The molecule has 0 amide bonds. The van der Waals surface area contributed by atoms with Crippen molar-refractivity contribution in [3.05, 3.63) is 30.1 Å². The van der Waals surface area contributed by atoms with Gasteiger partial charge in [-0.15, -0.1) is 0 Å². The second-order valence-electron chi connectivity index (χ2n) is 2.45. The lowest BCUT2D eigenvalue weighted by Gasteiger charge is -1.97. The van der Waals surface area contributed by atoms with E-state index in [1.807, 2.05) is 18.2 Å². The van der Waals surface area contributed by atoms with Crippen LogP contribution in [-0.2, 0) is 6.42 Å². The van der Waals surface area contributed by atoms with Gasteiger partial charge in [0.2, 0.25) is 5.96 Å². The van der Waals surface area contributed by atoms with Crippen molar-refractivity contribution in [2.75, 3.05) is 6.54 Å². The fraction of sp³-hybridized carbons (Fsp3) is 0.250. The molecule has 1 heterocycles. The number of hydrogen-bond donors (Lipinski definition) is 3.